The molecule has 0 aliphatic heterocycles. The molecule has 0 aromatic heterocycles. The van der Waals surface area contributed by atoms with E-state index in [4.69, 9.17) is 11.6 Å². The Bertz CT molecular complexity index is 494. The summed E-state index contributed by atoms with van der Waals surface area (Å²) in [5, 5.41) is 0. The van der Waals surface area contributed by atoms with Crippen molar-refractivity contribution in [3.05, 3.63) is 29.3 Å². The summed E-state index contributed by atoms with van der Waals surface area (Å²) in [6.45, 7) is 0. The summed E-state index contributed by atoms with van der Waals surface area (Å²) in [5.41, 5.74) is 2.52. The molecule has 0 saturated carbocycles. The third-order valence-electron chi connectivity index (χ3n) is 3.23. The number of halogens is 1. The Morgan fingerprint density at radius 1 is 1.12 bits per heavy atom. The van der Waals surface area contributed by atoms with Gasteiger partial charge in [0.05, 0.1) is 10.6 Å². The first-order valence-electron chi connectivity index (χ1n) is 6.04. The lowest BCUT2D eigenvalue weighted by atomic mass is 10.1. The van der Waals surface area contributed by atoms with Gasteiger partial charge in [0.25, 0.3) is 0 Å². The molecule has 4 heteroatoms. The number of rotatable bonds is 5. The number of aryl methyl sites for hydroxylation is 2. The topological polar surface area (TPSA) is 34.1 Å². The second kappa shape index (κ2) is 5.40. The zero-order chi connectivity index (χ0) is 12.3. The minimum absolute atomic E-state index is 0.207. The Kier molecular flexibility index (Phi) is 4.10. The summed E-state index contributed by atoms with van der Waals surface area (Å²) in [7, 11) is -3.11. The van der Waals surface area contributed by atoms with Gasteiger partial charge in [-0.25, -0.2) is 8.42 Å². The quantitative estimate of drug-likeness (QED) is 0.610. The first-order valence-corrected chi connectivity index (χ1v) is 8.23. The Hall–Kier alpha value is -0.540. The van der Waals surface area contributed by atoms with Crippen molar-refractivity contribution >= 4 is 21.4 Å². The highest BCUT2D eigenvalue weighted by Gasteiger charge is 2.18. The highest BCUT2D eigenvalue weighted by molar-refractivity contribution is 7.91. The van der Waals surface area contributed by atoms with Crippen molar-refractivity contribution in [2.75, 3.05) is 11.6 Å². The van der Waals surface area contributed by atoms with E-state index in [9.17, 15) is 8.42 Å². The van der Waals surface area contributed by atoms with E-state index in [-0.39, 0.29) is 5.75 Å². The SMILES string of the molecule is O=S(=O)(CCCCCl)c1ccc2c(c1)CCC2. The predicted molar refractivity (Wildman–Crippen MR) is 70.5 cm³/mol. The van der Waals surface area contributed by atoms with Gasteiger partial charge in [-0.3, -0.25) is 0 Å². The molecular formula is C13H17ClO2S. The van der Waals surface area contributed by atoms with Crippen LogP contribution in [-0.2, 0) is 22.7 Å². The molecular weight excluding hydrogens is 256 g/mol. The van der Waals surface area contributed by atoms with E-state index in [1.807, 2.05) is 12.1 Å². The Balaban J connectivity index is 2.16. The summed E-state index contributed by atoms with van der Waals surface area (Å²) < 4.78 is 24.1. The van der Waals surface area contributed by atoms with E-state index in [0.29, 0.717) is 17.2 Å². The molecule has 1 aliphatic carbocycles. The van der Waals surface area contributed by atoms with Gasteiger partial charge < -0.3 is 0 Å². The van der Waals surface area contributed by atoms with Gasteiger partial charge in [0.2, 0.25) is 0 Å². The fourth-order valence-corrected chi connectivity index (χ4v) is 3.85. The normalized spacial score (nSPS) is 14.9. The number of sulfone groups is 1. The molecule has 0 radical (unpaired) electrons. The molecule has 0 spiro atoms. The molecule has 0 unspecified atom stereocenters. The fraction of sp³-hybridized carbons (Fsp3) is 0.538. The third kappa shape index (κ3) is 3.02. The molecule has 17 heavy (non-hydrogen) atoms. The monoisotopic (exact) mass is 272 g/mol. The number of hydrogen-bond donors (Lipinski definition) is 0. The smallest absolute Gasteiger partial charge is 0.178 e. The van der Waals surface area contributed by atoms with Crippen molar-refractivity contribution in [3.63, 3.8) is 0 Å². The molecule has 0 N–H and O–H groups in total. The van der Waals surface area contributed by atoms with Crippen LogP contribution in [-0.4, -0.2) is 20.1 Å². The minimum Gasteiger partial charge on any atom is -0.224 e. The summed E-state index contributed by atoms with van der Waals surface area (Å²) in [5.74, 6) is 0.734. The molecule has 0 saturated heterocycles. The van der Waals surface area contributed by atoms with Crippen molar-refractivity contribution in [3.8, 4) is 0 Å². The largest absolute Gasteiger partial charge is 0.224 e. The van der Waals surface area contributed by atoms with E-state index in [1.54, 1.807) is 6.07 Å². The van der Waals surface area contributed by atoms with E-state index in [0.717, 1.165) is 25.7 Å². The molecule has 94 valence electrons. The lowest BCUT2D eigenvalue weighted by molar-refractivity contribution is 0.592. The molecule has 2 nitrogen and oxygen atoms in total. The second-order valence-corrected chi connectivity index (χ2v) is 6.99. The van der Waals surface area contributed by atoms with Crippen LogP contribution in [0.3, 0.4) is 0 Å². The highest BCUT2D eigenvalue weighted by atomic mass is 35.5. The van der Waals surface area contributed by atoms with Crippen molar-refractivity contribution in [2.24, 2.45) is 0 Å². The summed E-state index contributed by atoms with van der Waals surface area (Å²) >= 11 is 5.56. The van der Waals surface area contributed by atoms with Crippen molar-refractivity contribution < 1.29 is 8.42 Å². The molecule has 0 amide bonds. The van der Waals surface area contributed by atoms with Crippen molar-refractivity contribution in [1.82, 2.24) is 0 Å². The average Bonchev–Trinajstić information content (AvgIpc) is 2.76. The van der Waals surface area contributed by atoms with Crippen LogP contribution in [0.5, 0.6) is 0 Å². The summed E-state index contributed by atoms with van der Waals surface area (Å²) in [4.78, 5) is 0.479. The Labute approximate surface area is 108 Å². The van der Waals surface area contributed by atoms with E-state index in [1.165, 1.54) is 11.1 Å². The predicted octanol–water partition coefficient (Wildman–Crippen LogP) is 2.97. The summed E-state index contributed by atoms with van der Waals surface area (Å²) in [6.07, 6.45) is 4.64. The standard InChI is InChI=1S/C13H17ClO2S/c14-8-1-2-9-17(15,16)13-7-6-11-4-3-5-12(11)10-13/h6-7,10H,1-5,8-9H2. The van der Waals surface area contributed by atoms with Crippen LogP contribution < -0.4 is 0 Å². The van der Waals surface area contributed by atoms with Gasteiger partial charge in [-0.05, 0) is 55.4 Å². The molecule has 0 bridgehead atoms. The van der Waals surface area contributed by atoms with E-state index < -0.39 is 9.84 Å². The van der Waals surface area contributed by atoms with Crippen LogP contribution >= 0.6 is 11.6 Å². The van der Waals surface area contributed by atoms with Gasteiger partial charge in [-0.2, -0.15) is 0 Å². The molecule has 0 fully saturated rings. The third-order valence-corrected chi connectivity index (χ3v) is 5.29. The van der Waals surface area contributed by atoms with Crippen molar-refractivity contribution in [1.29, 1.82) is 0 Å². The summed E-state index contributed by atoms with van der Waals surface area (Å²) in [6, 6.07) is 5.58. The van der Waals surface area contributed by atoms with Gasteiger partial charge in [0.1, 0.15) is 0 Å². The van der Waals surface area contributed by atoms with Gasteiger partial charge in [0.15, 0.2) is 9.84 Å². The lowest BCUT2D eigenvalue weighted by Crippen LogP contribution is -2.07. The fourth-order valence-electron chi connectivity index (χ4n) is 2.25. The maximum atomic E-state index is 12.1. The van der Waals surface area contributed by atoms with Crippen LogP contribution in [0.1, 0.15) is 30.4 Å². The van der Waals surface area contributed by atoms with E-state index in [2.05, 4.69) is 0 Å². The van der Waals surface area contributed by atoms with Crippen LogP contribution in [0.4, 0.5) is 0 Å². The average molecular weight is 273 g/mol. The minimum atomic E-state index is -3.11. The van der Waals surface area contributed by atoms with Crippen LogP contribution in [0.2, 0.25) is 0 Å². The van der Waals surface area contributed by atoms with Gasteiger partial charge in [-0.15, -0.1) is 11.6 Å². The Morgan fingerprint density at radius 3 is 2.65 bits per heavy atom. The lowest BCUT2D eigenvalue weighted by Gasteiger charge is -2.06. The molecule has 2 rings (SSSR count). The maximum Gasteiger partial charge on any atom is 0.178 e. The van der Waals surface area contributed by atoms with Crippen LogP contribution in [0.15, 0.2) is 23.1 Å². The van der Waals surface area contributed by atoms with Gasteiger partial charge in [-0.1, -0.05) is 6.07 Å². The first-order chi connectivity index (χ1) is 8.13. The molecule has 1 aliphatic rings. The number of fused-ring (bicyclic) bond motifs is 1. The first kappa shape index (κ1) is 12.9. The molecule has 1 aromatic carbocycles. The number of benzene rings is 1. The number of hydrogen-bond acceptors (Lipinski definition) is 2. The van der Waals surface area contributed by atoms with Gasteiger partial charge >= 0.3 is 0 Å². The number of unbranched alkanes of at least 4 members (excludes halogenated alkanes) is 1. The second-order valence-electron chi connectivity index (χ2n) is 4.50. The van der Waals surface area contributed by atoms with E-state index >= 15 is 0 Å². The highest BCUT2D eigenvalue weighted by Crippen LogP contribution is 2.25. The molecule has 1 aromatic rings. The van der Waals surface area contributed by atoms with Crippen molar-refractivity contribution in [2.45, 2.75) is 37.0 Å². The van der Waals surface area contributed by atoms with Crippen LogP contribution in [0, 0.1) is 0 Å². The number of alkyl halides is 1. The molecule has 0 atom stereocenters. The maximum absolute atomic E-state index is 12.1. The van der Waals surface area contributed by atoms with Crippen LogP contribution in [0.25, 0.3) is 0 Å². The Morgan fingerprint density at radius 2 is 1.88 bits per heavy atom. The zero-order valence-electron chi connectivity index (χ0n) is 9.78. The van der Waals surface area contributed by atoms with Gasteiger partial charge in [0, 0.05) is 5.88 Å². The molecule has 0 heterocycles. The zero-order valence-corrected chi connectivity index (χ0v) is 11.4.